The molecule has 0 radical (unpaired) electrons. The van der Waals surface area contributed by atoms with Crippen molar-refractivity contribution in [1.82, 2.24) is 10.3 Å². The Balaban J connectivity index is 2.37. The Hall–Kier alpha value is -1.17. The fourth-order valence-electron chi connectivity index (χ4n) is 3.66. The molecule has 1 aliphatic rings. The number of hydrogen-bond donors (Lipinski definition) is 3. The number of piperidine rings is 1. The van der Waals surface area contributed by atoms with E-state index in [-0.39, 0.29) is 32.9 Å². The Morgan fingerprint density at radius 1 is 1.21 bits per heavy atom. The Kier molecular flexibility index (Phi) is 6.07. The molecule has 0 aliphatic carbocycles. The standard InChI is InChI=1S/C17H17Cl2F3N2O4S/c18-9-5-10-11(7-14(17(20,21)22)24-15(10)12(19)6-9)16(25,8-29(26,27)28)13-3-1-2-4-23-13/h5-7,13,23,25H,1-4,8H2,(H,26,27,28)/t13-,16-/m0/s1. The van der Waals surface area contributed by atoms with E-state index in [1.54, 1.807) is 0 Å². The molecule has 1 aliphatic heterocycles. The summed E-state index contributed by atoms with van der Waals surface area (Å²) in [6.07, 6.45) is -3.24. The van der Waals surface area contributed by atoms with Crippen LogP contribution in [0, 0.1) is 0 Å². The molecule has 0 saturated carbocycles. The zero-order valence-electron chi connectivity index (χ0n) is 14.8. The van der Waals surface area contributed by atoms with Crippen molar-refractivity contribution in [2.45, 2.75) is 37.1 Å². The van der Waals surface area contributed by atoms with Gasteiger partial charge < -0.3 is 10.4 Å². The van der Waals surface area contributed by atoms with Crippen LogP contribution in [0.25, 0.3) is 10.9 Å². The Bertz CT molecular complexity index is 1040. The van der Waals surface area contributed by atoms with Crippen LogP contribution in [0.5, 0.6) is 0 Å². The van der Waals surface area contributed by atoms with Crippen LogP contribution in [0.3, 0.4) is 0 Å². The number of aliphatic hydroxyl groups is 1. The number of benzene rings is 1. The molecule has 12 heteroatoms. The van der Waals surface area contributed by atoms with Gasteiger partial charge in [0.15, 0.2) is 0 Å². The highest BCUT2D eigenvalue weighted by Gasteiger charge is 2.45. The molecule has 1 fully saturated rings. The van der Waals surface area contributed by atoms with Crippen molar-refractivity contribution in [3.63, 3.8) is 0 Å². The van der Waals surface area contributed by atoms with Crippen molar-refractivity contribution in [3.05, 3.63) is 39.5 Å². The minimum atomic E-state index is -4.88. The van der Waals surface area contributed by atoms with Crippen LogP contribution in [0.1, 0.15) is 30.5 Å². The van der Waals surface area contributed by atoms with Crippen molar-refractivity contribution in [2.24, 2.45) is 0 Å². The van der Waals surface area contributed by atoms with Gasteiger partial charge in [0.25, 0.3) is 10.1 Å². The van der Waals surface area contributed by atoms with Gasteiger partial charge in [-0.25, -0.2) is 4.98 Å². The molecule has 6 nitrogen and oxygen atoms in total. The molecule has 1 saturated heterocycles. The van der Waals surface area contributed by atoms with Gasteiger partial charge >= 0.3 is 6.18 Å². The molecule has 29 heavy (non-hydrogen) atoms. The lowest BCUT2D eigenvalue weighted by atomic mass is 9.81. The third kappa shape index (κ3) is 4.78. The highest BCUT2D eigenvalue weighted by molar-refractivity contribution is 7.85. The lowest BCUT2D eigenvalue weighted by molar-refractivity contribution is -0.141. The zero-order valence-corrected chi connectivity index (χ0v) is 17.1. The predicted octanol–water partition coefficient (Wildman–Crippen LogP) is 3.78. The Labute approximate surface area is 174 Å². The van der Waals surface area contributed by atoms with E-state index < -0.39 is 39.4 Å². The molecule has 160 valence electrons. The first-order valence-electron chi connectivity index (χ1n) is 8.60. The van der Waals surface area contributed by atoms with E-state index in [2.05, 4.69) is 10.3 Å². The van der Waals surface area contributed by atoms with Crippen LogP contribution >= 0.6 is 23.2 Å². The first-order chi connectivity index (χ1) is 13.3. The maximum absolute atomic E-state index is 13.5. The molecule has 2 aromatic rings. The largest absolute Gasteiger partial charge is 0.433 e. The minimum absolute atomic E-state index is 0.0333. The zero-order chi connectivity index (χ0) is 21.6. The lowest BCUT2D eigenvalue weighted by Crippen LogP contribution is -2.54. The van der Waals surface area contributed by atoms with E-state index in [1.807, 2.05) is 0 Å². The molecule has 0 bridgehead atoms. The van der Waals surface area contributed by atoms with Crippen molar-refractivity contribution in [2.75, 3.05) is 12.3 Å². The summed E-state index contributed by atoms with van der Waals surface area (Å²) in [5, 5.41) is 14.2. The quantitative estimate of drug-likeness (QED) is 0.585. The van der Waals surface area contributed by atoms with Gasteiger partial charge in [-0.15, -0.1) is 0 Å². The monoisotopic (exact) mass is 472 g/mol. The van der Waals surface area contributed by atoms with E-state index in [4.69, 9.17) is 23.2 Å². The van der Waals surface area contributed by atoms with Gasteiger partial charge in [0.1, 0.15) is 17.0 Å². The molecule has 2 heterocycles. The van der Waals surface area contributed by atoms with Crippen molar-refractivity contribution in [1.29, 1.82) is 0 Å². The number of aromatic nitrogens is 1. The highest BCUT2D eigenvalue weighted by Crippen LogP contribution is 2.41. The third-order valence-electron chi connectivity index (χ3n) is 4.88. The lowest BCUT2D eigenvalue weighted by Gasteiger charge is -2.39. The second kappa shape index (κ2) is 7.82. The van der Waals surface area contributed by atoms with E-state index in [9.17, 15) is 31.2 Å². The summed E-state index contributed by atoms with van der Waals surface area (Å²) in [5.41, 5.74) is -4.40. The number of nitrogens with zero attached hydrogens (tertiary/aromatic N) is 1. The number of alkyl halides is 3. The number of fused-ring (bicyclic) bond motifs is 1. The van der Waals surface area contributed by atoms with Crippen LogP contribution in [-0.4, -0.2) is 41.4 Å². The smallest absolute Gasteiger partial charge is 0.382 e. The number of rotatable bonds is 4. The molecule has 1 aromatic heterocycles. The molecule has 3 rings (SSSR count). The summed E-state index contributed by atoms with van der Waals surface area (Å²) in [6, 6.07) is 2.10. The van der Waals surface area contributed by atoms with Crippen LogP contribution in [0.15, 0.2) is 18.2 Å². The summed E-state index contributed by atoms with van der Waals surface area (Å²) < 4.78 is 73.3. The SMILES string of the molecule is O=S(=O)(O)C[C@](O)(c1cc(C(F)(F)F)nc2c(Cl)cc(Cl)cc12)[C@@H]1CCCCN1. The molecule has 0 spiro atoms. The van der Waals surface area contributed by atoms with Crippen molar-refractivity contribution in [3.8, 4) is 0 Å². The number of pyridine rings is 1. The van der Waals surface area contributed by atoms with Gasteiger partial charge in [-0.1, -0.05) is 29.6 Å². The molecule has 0 amide bonds. The molecule has 0 unspecified atom stereocenters. The van der Waals surface area contributed by atoms with E-state index in [0.717, 1.165) is 6.42 Å². The summed E-state index contributed by atoms with van der Waals surface area (Å²) in [6.45, 7) is 0.426. The number of halogens is 5. The first-order valence-corrected chi connectivity index (χ1v) is 11.0. The van der Waals surface area contributed by atoms with Crippen LogP contribution < -0.4 is 5.32 Å². The molecule has 3 N–H and O–H groups in total. The molecular weight excluding hydrogens is 456 g/mol. The normalized spacial score (nSPS) is 20.6. The Morgan fingerprint density at radius 3 is 2.45 bits per heavy atom. The summed E-state index contributed by atoms with van der Waals surface area (Å²) >= 11 is 12.0. The average Bonchev–Trinajstić information content (AvgIpc) is 2.59. The molecular formula is C17H17Cl2F3N2O4S. The maximum Gasteiger partial charge on any atom is 0.433 e. The van der Waals surface area contributed by atoms with Crippen LogP contribution in [0.2, 0.25) is 10.0 Å². The fourth-order valence-corrected chi connectivity index (χ4v) is 5.11. The summed E-state index contributed by atoms with van der Waals surface area (Å²) in [4.78, 5) is 3.54. The number of nitrogens with one attached hydrogen (secondary N) is 1. The van der Waals surface area contributed by atoms with E-state index in [0.29, 0.717) is 19.0 Å². The van der Waals surface area contributed by atoms with Gasteiger partial charge in [-0.2, -0.15) is 21.6 Å². The second-order valence-electron chi connectivity index (χ2n) is 6.99. The average molecular weight is 473 g/mol. The van der Waals surface area contributed by atoms with Gasteiger partial charge in [0, 0.05) is 16.5 Å². The van der Waals surface area contributed by atoms with Crippen molar-refractivity contribution < 1.29 is 31.2 Å². The van der Waals surface area contributed by atoms with E-state index in [1.165, 1.54) is 12.1 Å². The van der Waals surface area contributed by atoms with Gasteiger partial charge in [-0.3, -0.25) is 4.55 Å². The maximum atomic E-state index is 13.5. The summed E-state index contributed by atoms with van der Waals surface area (Å²) in [7, 11) is -4.77. The van der Waals surface area contributed by atoms with Crippen molar-refractivity contribution >= 4 is 44.2 Å². The first kappa shape index (κ1) is 22.5. The minimum Gasteiger partial charge on any atom is -0.382 e. The van der Waals surface area contributed by atoms with Gasteiger partial charge in [0.2, 0.25) is 0 Å². The van der Waals surface area contributed by atoms with Crippen LogP contribution in [0.4, 0.5) is 13.2 Å². The molecule has 2 atom stereocenters. The molecule has 1 aromatic carbocycles. The fraction of sp³-hybridized carbons (Fsp3) is 0.471. The Morgan fingerprint density at radius 2 is 1.90 bits per heavy atom. The highest BCUT2D eigenvalue weighted by atomic mass is 35.5. The topological polar surface area (TPSA) is 99.5 Å². The van der Waals surface area contributed by atoms with E-state index >= 15 is 0 Å². The van der Waals surface area contributed by atoms with Gasteiger partial charge in [0.05, 0.1) is 10.5 Å². The summed E-state index contributed by atoms with van der Waals surface area (Å²) in [5.74, 6) is -1.21. The predicted molar refractivity (Wildman–Crippen MR) is 103 cm³/mol. The van der Waals surface area contributed by atoms with Crippen LogP contribution in [-0.2, 0) is 21.9 Å². The number of hydrogen-bond acceptors (Lipinski definition) is 5. The second-order valence-corrected chi connectivity index (χ2v) is 9.29. The third-order valence-corrected chi connectivity index (χ3v) is 6.19. The van der Waals surface area contributed by atoms with Gasteiger partial charge in [-0.05, 0) is 43.1 Å².